The predicted octanol–water partition coefficient (Wildman–Crippen LogP) is 2.84. The Morgan fingerprint density at radius 1 is 1.33 bits per heavy atom. The average molecular weight is 324 g/mol. The first-order valence-corrected chi connectivity index (χ1v) is 7.86. The minimum Gasteiger partial charge on any atom is -0.469 e. The maximum atomic E-state index is 12.3. The zero-order valence-corrected chi connectivity index (χ0v) is 14.0. The van der Waals surface area contributed by atoms with Gasteiger partial charge in [-0.1, -0.05) is 0 Å². The number of carbonyl (C=O) groups excluding carboxylic acids is 1. The number of nitrogens with zero attached hydrogens (tertiary/aromatic N) is 3. The van der Waals surface area contributed by atoms with Crippen molar-refractivity contribution in [2.24, 2.45) is 0 Å². The largest absolute Gasteiger partial charge is 0.469 e. The SMILES string of the molecule is Cc1cc(C)n(-c2ccc(C(=O)N[C@H](C)Cc3ccco3)cn2)n1. The second-order valence-electron chi connectivity index (χ2n) is 5.90. The van der Waals surface area contributed by atoms with Crippen LogP contribution in [0.4, 0.5) is 0 Å². The van der Waals surface area contributed by atoms with Crippen LogP contribution < -0.4 is 5.32 Å². The van der Waals surface area contributed by atoms with E-state index >= 15 is 0 Å². The molecule has 124 valence electrons. The van der Waals surface area contributed by atoms with Crippen LogP contribution in [0.15, 0.2) is 47.2 Å². The Morgan fingerprint density at radius 2 is 2.17 bits per heavy atom. The lowest BCUT2D eigenvalue weighted by molar-refractivity contribution is 0.0939. The molecular weight excluding hydrogens is 304 g/mol. The van der Waals surface area contributed by atoms with Gasteiger partial charge in [-0.3, -0.25) is 4.79 Å². The molecular formula is C18H20N4O2. The van der Waals surface area contributed by atoms with E-state index in [4.69, 9.17) is 4.42 Å². The van der Waals surface area contributed by atoms with Crippen LogP contribution in [-0.4, -0.2) is 26.7 Å². The summed E-state index contributed by atoms with van der Waals surface area (Å²) in [5.41, 5.74) is 2.46. The molecule has 3 aromatic heterocycles. The van der Waals surface area contributed by atoms with Crippen molar-refractivity contribution in [3.05, 3.63) is 65.5 Å². The van der Waals surface area contributed by atoms with Gasteiger partial charge in [0.05, 0.1) is 17.5 Å². The number of hydrogen-bond donors (Lipinski definition) is 1. The molecule has 1 amide bonds. The second-order valence-corrected chi connectivity index (χ2v) is 5.90. The Morgan fingerprint density at radius 3 is 2.75 bits per heavy atom. The number of rotatable bonds is 5. The molecule has 0 aliphatic carbocycles. The monoisotopic (exact) mass is 324 g/mol. The third-order valence-corrected chi connectivity index (χ3v) is 3.70. The Labute approximate surface area is 140 Å². The van der Waals surface area contributed by atoms with Gasteiger partial charge >= 0.3 is 0 Å². The Kier molecular flexibility index (Phi) is 4.46. The van der Waals surface area contributed by atoms with Crippen LogP contribution in [0.3, 0.4) is 0 Å². The molecule has 0 unspecified atom stereocenters. The van der Waals surface area contributed by atoms with Gasteiger partial charge in [0.15, 0.2) is 5.82 Å². The van der Waals surface area contributed by atoms with E-state index in [2.05, 4.69) is 15.4 Å². The number of nitrogens with one attached hydrogen (secondary N) is 1. The Balaban J connectivity index is 1.66. The van der Waals surface area contributed by atoms with Crippen molar-refractivity contribution in [1.29, 1.82) is 0 Å². The second kappa shape index (κ2) is 6.70. The first-order chi connectivity index (χ1) is 11.5. The molecule has 0 radical (unpaired) electrons. The van der Waals surface area contributed by atoms with Gasteiger partial charge in [-0.15, -0.1) is 0 Å². The van der Waals surface area contributed by atoms with Crippen LogP contribution in [0.5, 0.6) is 0 Å². The van der Waals surface area contributed by atoms with Gasteiger partial charge in [0, 0.05) is 24.4 Å². The molecule has 1 N–H and O–H groups in total. The van der Waals surface area contributed by atoms with Crippen LogP contribution in [0.25, 0.3) is 5.82 Å². The van der Waals surface area contributed by atoms with Gasteiger partial charge in [-0.25, -0.2) is 9.67 Å². The standard InChI is InChI=1S/C18H20N4O2/c1-12(10-16-5-4-8-24-16)20-18(23)15-6-7-17(19-11-15)22-14(3)9-13(2)21-22/h4-9,11-12H,10H2,1-3H3,(H,20,23)/t12-/m1/s1. The molecule has 0 aliphatic heterocycles. The van der Waals surface area contributed by atoms with Crippen LogP contribution in [0, 0.1) is 13.8 Å². The normalized spacial score (nSPS) is 12.1. The zero-order valence-electron chi connectivity index (χ0n) is 14.0. The van der Waals surface area contributed by atoms with Crippen molar-refractivity contribution in [2.75, 3.05) is 0 Å². The molecule has 6 heteroatoms. The summed E-state index contributed by atoms with van der Waals surface area (Å²) in [6, 6.07) is 9.25. The molecule has 3 aromatic rings. The summed E-state index contributed by atoms with van der Waals surface area (Å²) in [6.45, 7) is 5.85. The summed E-state index contributed by atoms with van der Waals surface area (Å²) in [4.78, 5) is 16.6. The average Bonchev–Trinajstić information content (AvgIpc) is 3.16. The van der Waals surface area contributed by atoms with Crippen molar-refractivity contribution in [1.82, 2.24) is 20.1 Å². The number of aromatic nitrogens is 3. The molecule has 0 saturated heterocycles. The van der Waals surface area contributed by atoms with Gasteiger partial charge in [0.2, 0.25) is 0 Å². The number of furan rings is 1. The summed E-state index contributed by atoms with van der Waals surface area (Å²) in [5, 5.41) is 7.34. The van der Waals surface area contributed by atoms with E-state index in [1.165, 1.54) is 0 Å². The first kappa shape index (κ1) is 16.0. The van der Waals surface area contributed by atoms with E-state index in [9.17, 15) is 4.79 Å². The van der Waals surface area contributed by atoms with Gasteiger partial charge in [-0.2, -0.15) is 5.10 Å². The van der Waals surface area contributed by atoms with Crippen molar-refractivity contribution in [3.8, 4) is 5.82 Å². The van der Waals surface area contributed by atoms with E-state index in [0.29, 0.717) is 17.8 Å². The molecule has 0 aromatic carbocycles. The van der Waals surface area contributed by atoms with Crippen molar-refractivity contribution in [2.45, 2.75) is 33.2 Å². The third-order valence-electron chi connectivity index (χ3n) is 3.70. The highest BCUT2D eigenvalue weighted by atomic mass is 16.3. The lowest BCUT2D eigenvalue weighted by Crippen LogP contribution is -2.34. The van der Waals surface area contributed by atoms with E-state index in [-0.39, 0.29) is 11.9 Å². The number of pyridine rings is 1. The van der Waals surface area contributed by atoms with Crippen molar-refractivity contribution in [3.63, 3.8) is 0 Å². The number of carbonyl (C=O) groups is 1. The fourth-order valence-electron chi connectivity index (χ4n) is 2.60. The van der Waals surface area contributed by atoms with Crippen molar-refractivity contribution < 1.29 is 9.21 Å². The van der Waals surface area contributed by atoms with Gasteiger partial charge in [0.1, 0.15) is 5.76 Å². The molecule has 6 nitrogen and oxygen atoms in total. The maximum Gasteiger partial charge on any atom is 0.253 e. The quantitative estimate of drug-likeness (QED) is 0.783. The summed E-state index contributed by atoms with van der Waals surface area (Å²) in [5.74, 6) is 1.39. The molecule has 0 saturated carbocycles. The Hall–Kier alpha value is -2.89. The fourth-order valence-corrected chi connectivity index (χ4v) is 2.60. The van der Waals surface area contributed by atoms with Crippen molar-refractivity contribution >= 4 is 5.91 Å². The van der Waals surface area contributed by atoms with Crippen LogP contribution in [0.2, 0.25) is 0 Å². The van der Waals surface area contributed by atoms with Crippen LogP contribution in [-0.2, 0) is 6.42 Å². The van der Waals surface area contributed by atoms with E-state index in [0.717, 1.165) is 17.1 Å². The lowest BCUT2D eigenvalue weighted by atomic mass is 10.2. The highest BCUT2D eigenvalue weighted by Crippen LogP contribution is 2.11. The molecule has 1 atom stereocenters. The minimum atomic E-state index is -0.151. The lowest BCUT2D eigenvalue weighted by Gasteiger charge is -2.12. The molecule has 24 heavy (non-hydrogen) atoms. The van der Waals surface area contributed by atoms with E-state index in [1.807, 2.05) is 39.0 Å². The van der Waals surface area contributed by atoms with Gasteiger partial charge < -0.3 is 9.73 Å². The highest BCUT2D eigenvalue weighted by Gasteiger charge is 2.13. The molecule has 0 fully saturated rings. The van der Waals surface area contributed by atoms with Gasteiger partial charge in [0.25, 0.3) is 5.91 Å². The zero-order chi connectivity index (χ0) is 17.1. The summed E-state index contributed by atoms with van der Waals surface area (Å²) in [7, 11) is 0. The highest BCUT2D eigenvalue weighted by molar-refractivity contribution is 5.94. The molecule has 3 rings (SSSR count). The van der Waals surface area contributed by atoms with Crippen LogP contribution in [0.1, 0.15) is 34.4 Å². The fraction of sp³-hybridized carbons (Fsp3) is 0.278. The third kappa shape index (κ3) is 3.53. The minimum absolute atomic E-state index is 0.0284. The van der Waals surface area contributed by atoms with E-state index < -0.39 is 0 Å². The van der Waals surface area contributed by atoms with E-state index in [1.54, 1.807) is 29.3 Å². The predicted molar refractivity (Wildman–Crippen MR) is 90.2 cm³/mol. The topological polar surface area (TPSA) is 73.0 Å². The number of aryl methyl sites for hydroxylation is 2. The molecule has 0 spiro atoms. The first-order valence-electron chi connectivity index (χ1n) is 7.86. The molecule has 0 aliphatic rings. The summed E-state index contributed by atoms with van der Waals surface area (Å²) >= 11 is 0. The molecule has 3 heterocycles. The Bertz CT molecular complexity index is 819. The maximum absolute atomic E-state index is 12.3. The number of hydrogen-bond acceptors (Lipinski definition) is 4. The summed E-state index contributed by atoms with van der Waals surface area (Å²) in [6.07, 6.45) is 3.85. The summed E-state index contributed by atoms with van der Waals surface area (Å²) < 4.78 is 7.06. The smallest absolute Gasteiger partial charge is 0.253 e. The van der Waals surface area contributed by atoms with Crippen LogP contribution >= 0.6 is 0 Å². The van der Waals surface area contributed by atoms with Gasteiger partial charge in [-0.05, 0) is 51.1 Å². The number of amides is 1. The molecule has 0 bridgehead atoms.